The number of hydrogen-bond donors (Lipinski definition) is 0. The zero-order valence-electron chi connectivity index (χ0n) is 27.3. The van der Waals surface area contributed by atoms with Crippen LogP contribution < -0.4 is 55.8 Å². The van der Waals surface area contributed by atoms with Gasteiger partial charge in [-0.15, -0.1) is 0 Å². The van der Waals surface area contributed by atoms with E-state index in [1.165, 1.54) is 0 Å². The van der Waals surface area contributed by atoms with Gasteiger partial charge < -0.3 is 42.1 Å². The van der Waals surface area contributed by atoms with E-state index >= 15 is 0 Å². The zero-order valence-corrected chi connectivity index (χ0v) is 29.5. The molecule has 242 valence electrons. The summed E-state index contributed by atoms with van der Waals surface area (Å²) in [6.45, 7) is 0. The van der Waals surface area contributed by atoms with Crippen molar-refractivity contribution < 1.29 is 50.9 Å². The fraction of sp³-hybridized carbons (Fsp3) is 0.0714. The molecule has 49 heavy (non-hydrogen) atoms. The molecule has 0 atom stereocenters. The normalized spacial score (nSPS) is 9.37. The number of hydrogen-bond acceptors (Lipinski definition) is 1. The molecule has 3 aromatic heterocycles. The topological polar surface area (TPSA) is 14.9 Å². The van der Waals surface area contributed by atoms with Crippen LogP contribution in [0.2, 0.25) is 0 Å². The van der Waals surface area contributed by atoms with Crippen LogP contribution in [0.1, 0.15) is 33.4 Å². The smallest absolute Gasteiger partial charge is 0.169 e. The number of nitrogens with zero attached hydrogens (tertiary/aromatic N) is 4. The van der Waals surface area contributed by atoms with Crippen LogP contribution in [-0.2, 0) is 21.1 Å². The van der Waals surface area contributed by atoms with Crippen LogP contribution in [0.15, 0.2) is 146 Å². The highest BCUT2D eigenvalue weighted by Gasteiger charge is 2.12. The lowest BCUT2D eigenvalue weighted by atomic mass is 10.1. The molecule has 4 nitrogen and oxygen atoms in total. The lowest BCUT2D eigenvalue weighted by Crippen LogP contribution is -3.00. The summed E-state index contributed by atoms with van der Waals surface area (Å²) in [5, 5.41) is 0. The van der Waals surface area contributed by atoms with E-state index in [0.717, 1.165) is 50.4 Å². The standard InChI is InChI=1S/C42H33N4.3ClH/c1-43-28-22-37(23-29-43)7-4-34-10-16-40(17-11-34)46(41-18-12-35(13-19-41)5-8-38-24-30-44(2)31-25-38)42-20-14-36(15-21-42)6-9-39-26-32-45(3)33-27-39;;;/h10-33H,1-3H3;3*1H/q+3;;;/p-3. The first-order valence-electron chi connectivity index (χ1n) is 15.0. The molecule has 3 heterocycles. The molecule has 0 N–H and O–H groups in total. The van der Waals surface area contributed by atoms with Gasteiger partial charge in [-0.1, -0.05) is 35.5 Å². The SMILES string of the molecule is C[n+]1ccc(C#Cc2ccc(N(c3ccc(C#Cc4cc[n+](C)cc4)cc3)c3ccc(C#Cc4cc[n+](C)cc4)cc3)cc2)cc1.[Cl-].[Cl-].[Cl-]. The van der Waals surface area contributed by atoms with Crippen LogP contribution in [0.25, 0.3) is 0 Å². The number of aromatic nitrogens is 3. The van der Waals surface area contributed by atoms with Gasteiger partial charge in [-0.25, -0.2) is 13.7 Å². The van der Waals surface area contributed by atoms with E-state index in [1.807, 2.05) is 108 Å². The summed E-state index contributed by atoms with van der Waals surface area (Å²) in [4.78, 5) is 2.23. The minimum Gasteiger partial charge on any atom is -1.00 e. The lowest BCUT2D eigenvalue weighted by Gasteiger charge is -2.25. The highest BCUT2D eigenvalue weighted by atomic mass is 35.5. The van der Waals surface area contributed by atoms with Crippen molar-refractivity contribution in [1.82, 2.24) is 0 Å². The Labute approximate surface area is 308 Å². The van der Waals surface area contributed by atoms with Crippen molar-refractivity contribution >= 4 is 17.1 Å². The molecule has 0 amide bonds. The van der Waals surface area contributed by atoms with Gasteiger partial charge in [-0.2, -0.15) is 0 Å². The Kier molecular flexibility index (Phi) is 14.0. The summed E-state index contributed by atoms with van der Waals surface area (Å²) in [5.41, 5.74) is 8.91. The number of rotatable bonds is 3. The van der Waals surface area contributed by atoms with E-state index in [1.54, 1.807) is 0 Å². The average molecular weight is 700 g/mol. The fourth-order valence-corrected chi connectivity index (χ4v) is 4.71. The fourth-order valence-electron chi connectivity index (χ4n) is 4.71. The molecule has 3 aromatic carbocycles. The van der Waals surface area contributed by atoms with Crippen LogP contribution in [0, 0.1) is 35.5 Å². The molecule has 0 fully saturated rings. The summed E-state index contributed by atoms with van der Waals surface area (Å²) in [6, 6.07) is 37.2. The van der Waals surface area contributed by atoms with E-state index in [-0.39, 0.29) is 37.2 Å². The molecule has 0 unspecified atom stereocenters. The molecule has 0 saturated carbocycles. The minimum atomic E-state index is 0. The third-order valence-corrected chi connectivity index (χ3v) is 7.37. The van der Waals surface area contributed by atoms with Gasteiger partial charge in [0.05, 0.1) is 0 Å². The van der Waals surface area contributed by atoms with Gasteiger partial charge in [0.2, 0.25) is 0 Å². The van der Waals surface area contributed by atoms with Crippen LogP contribution in [-0.4, -0.2) is 0 Å². The maximum Gasteiger partial charge on any atom is 0.169 e. The largest absolute Gasteiger partial charge is 1.00 e. The Morgan fingerprint density at radius 1 is 0.306 bits per heavy atom. The maximum absolute atomic E-state index is 3.29. The van der Waals surface area contributed by atoms with Gasteiger partial charge in [0.25, 0.3) is 0 Å². The molecular formula is C42H33Cl3N4. The van der Waals surface area contributed by atoms with Gasteiger partial charge >= 0.3 is 0 Å². The highest BCUT2D eigenvalue weighted by Crippen LogP contribution is 2.34. The van der Waals surface area contributed by atoms with E-state index in [2.05, 4.69) is 113 Å². The summed E-state index contributed by atoms with van der Waals surface area (Å²) in [6.07, 6.45) is 12.0. The van der Waals surface area contributed by atoms with Crippen LogP contribution in [0.5, 0.6) is 0 Å². The van der Waals surface area contributed by atoms with Crippen molar-refractivity contribution in [2.45, 2.75) is 0 Å². The van der Waals surface area contributed by atoms with E-state index in [0.29, 0.717) is 0 Å². The predicted molar refractivity (Wildman–Crippen MR) is 182 cm³/mol. The number of pyridine rings is 3. The number of benzene rings is 3. The Balaban J connectivity index is 0.00000217. The van der Waals surface area contributed by atoms with Gasteiger partial charge in [0.15, 0.2) is 37.2 Å². The van der Waals surface area contributed by atoms with Crippen LogP contribution >= 0.6 is 0 Å². The molecular weight excluding hydrogens is 667 g/mol. The second-order valence-corrected chi connectivity index (χ2v) is 11.0. The van der Waals surface area contributed by atoms with Gasteiger partial charge in [-0.05, 0) is 72.8 Å². The number of anilines is 3. The van der Waals surface area contributed by atoms with Crippen molar-refractivity contribution in [3.8, 4) is 35.5 Å². The van der Waals surface area contributed by atoms with Crippen molar-refractivity contribution in [2.75, 3.05) is 4.90 Å². The van der Waals surface area contributed by atoms with Crippen LogP contribution in [0.3, 0.4) is 0 Å². The minimum absolute atomic E-state index is 0. The highest BCUT2D eigenvalue weighted by molar-refractivity contribution is 5.77. The molecule has 6 aromatic rings. The first-order chi connectivity index (χ1) is 22.5. The molecule has 0 bridgehead atoms. The first-order valence-corrected chi connectivity index (χ1v) is 15.0. The Hall–Kier alpha value is -5.54. The molecule has 0 aliphatic rings. The quantitative estimate of drug-likeness (QED) is 0.141. The Bertz CT molecular complexity index is 1890. The maximum atomic E-state index is 3.29. The molecule has 0 aliphatic heterocycles. The third kappa shape index (κ3) is 10.5. The van der Waals surface area contributed by atoms with Crippen molar-refractivity contribution in [1.29, 1.82) is 0 Å². The number of halogens is 3. The molecule has 7 heteroatoms. The molecule has 0 radical (unpaired) electrons. The second-order valence-electron chi connectivity index (χ2n) is 11.0. The van der Waals surface area contributed by atoms with Gasteiger partial charge in [0, 0.05) is 86.8 Å². The van der Waals surface area contributed by atoms with Crippen molar-refractivity contribution in [3.05, 3.63) is 180 Å². The Morgan fingerprint density at radius 2 is 0.490 bits per heavy atom. The molecule has 6 rings (SSSR count). The first kappa shape index (κ1) is 37.9. The zero-order chi connectivity index (χ0) is 31.7. The molecule has 0 saturated heterocycles. The van der Waals surface area contributed by atoms with E-state index in [4.69, 9.17) is 0 Å². The van der Waals surface area contributed by atoms with Gasteiger partial charge in [0.1, 0.15) is 21.1 Å². The van der Waals surface area contributed by atoms with Crippen LogP contribution in [0.4, 0.5) is 17.1 Å². The lowest BCUT2D eigenvalue weighted by molar-refractivity contribution is -0.671. The second kappa shape index (κ2) is 18.1. The average Bonchev–Trinajstić information content (AvgIpc) is 3.09. The van der Waals surface area contributed by atoms with Crippen molar-refractivity contribution in [3.63, 3.8) is 0 Å². The summed E-state index contributed by atoms with van der Waals surface area (Å²) in [5.74, 6) is 19.7. The predicted octanol–water partition coefficient (Wildman–Crippen LogP) is -3.16. The monoisotopic (exact) mass is 698 g/mol. The summed E-state index contributed by atoms with van der Waals surface area (Å²) in [7, 11) is 6.00. The van der Waals surface area contributed by atoms with Crippen molar-refractivity contribution in [2.24, 2.45) is 21.1 Å². The Morgan fingerprint density at radius 3 is 0.694 bits per heavy atom. The molecule has 0 aliphatic carbocycles. The third-order valence-electron chi connectivity index (χ3n) is 7.37. The van der Waals surface area contributed by atoms with Gasteiger partial charge in [-0.3, -0.25) is 0 Å². The summed E-state index contributed by atoms with van der Waals surface area (Å²) >= 11 is 0. The summed E-state index contributed by atoms with van der Waals surface area (Å²) < 4.78 is 6.00. The number of aryl methyl sites for hydroxylation is 3. The van der Waals surface area contributed by atoms with E-state index < -0.39 is 0 Å². The molecule has 0 spiro atoms. The van der Waals surface area contributed by atoms with E-state index in [9.17, 15) is 0 Å².